The van der Waals surface area contributed by atoms with Crippen LogP contribution in [0.4, 0.5) is 0 Å². The topological polar surface area (TPSA) is 63.3 Å². The summed E-state index contributed by atoms with van der Waals surface area (Å²) in [5.74, 6) is -0.605. The molecule has 3 heteroatoms. The van der Waals surface area contributed by atoms with Crippen molar-refractivity contribution in [3.05, 3.63) is 35.8 Å². The fourth-order valence-corrected chi connectivity index (χ4v) is 1.24. The van der Waals surface area contributed by atoms with Crippen LogP contribution >= 0.6 is 0 Å². The fourth-order valence-electron chi connectivity index (χ4n) is 1.24. The van der Waals surface area contributed by atoms with Crippen molar-refractivity contribution in [2.75, 3.05) is 0 Å². The second kappa shape index (κ2) is 8.62. The van der Waals surface area contributed by atoms with Crippen LogP contribution in [0, 0.1) is 5.92 Å². The fraction of sp³-hybridized carbons (Fsp3) is 0.500. The van der Waals surface area contributed by atoms with Crippen molar-refractivity contribution in [3.63, 3.8) is 0 Å². The average Bonchev–Trinajstić information content (AvgIpc) is 2.31. The molecule has 0 heterocycles. The maximum absolute atomic E-state index is 11.0. The highest BCUT2D eigenvalue weighted by Gasteiger charge is 2.10. The molecule has 0 bridgehead atoms. The molecule has 0 radical (unpaired) electrons. The Morgan fingerprint density at radius 2 is 2.06 bits per heavy atom. The van der Waals surface area contributed by atoms with E-state index in [4.69, 9.17) is 5.73 Å². The number of nitrogens with two attached hydrogens (primary N) is 1. The lowest BCUT2D eigenvalue weighted by atomic mass is 10.1. The Hall–Kier alpha value is -1.51. The quantitative estimate of drug-likeness (QED) is 0.309. The van der Waals surface area contributed by atoms with Gasteiger partial charge in [-0.05, 0) is 6.42 Å². The number of rotatable bonds is 7. The molecule has 0 saturated carbocycles. The minimum atomic E-state index is -0.304. The van der Waals surface area contributed by atoms with Crippen molar-refractivity contribution >= 4 is 5.78 Å². The van der Waals surface area contributed by atoms with Crippen LogP contribution in [-0.4, -0.2) is 10.9 Å². The molecule has 17 heavy (non-hydrogen) atoms. The molecule has 3 N–H and O–H groups in total. The van der Waals surface area contributed by atoms with Crippen LogP contribution in [0.3, 0.4) is 0 Å². The molecule has 0 aliphatic rings. The van der Waals surface area contributed by atoms with Gasteiger partial charge in [-0.1, -0.05) is 51.0 Å². The number of hydrogen-bond donors (Lipinski definition) is 2. The van der Waals surface area contributed by atoms with E-state index in [1.165, 1.54) is 19.8 Å². The third-order valence-electron chi connectivity index (χ3n) is 2.46. The van der Waals surface area contributed by atoms with Crippen LogP contribution in [-0.2, 0) is 4.79 Å². The van der Waals surface area contributed by atoms with Crippen LogP contribution in [0.15, 0.2) is 35.8 Å². The van der Waals surface area contributed by atoms with E-state index in [-0.39, 0.29) is 23.2 Å². The summed E-state index contributed by atoms with van der Waals surface area (Å²) in [7, 11) is 0. The molecular weight excluding hydrogens is 214 g/mol. The summed E-state index contributed by atoms with van der Waals surface area (Å²) in [5.41, 5.74) is 5.40. The van der Waals surface area contributed by atoms with Gasteiger partial charge in [-0.2, -0.15) is 0 Å². The molecular formula is C14H23NO2. The maximum atomic E-state index is 11.0. The normalized spacial score (nSPS) is 15.2. The summed E-state index contributed by atoms with van der Waals surface area (Å²) < 4.78 is 0. The second-order valence-corrected chi connectivity index (χ2v) is 4.10. The van der Waals surface area contributed by atoms with Crippen molar-refractivity contribution in [2.24, 2.45) is 11.7 Å². The molecule has 0 amide bonds. The maximum Gasteiger partial charge on any atom is 0.178 e. The molecule has 0 spiro atoms. The summed E-state index contributed by atoms with van der Waals surface area (Å²) in [4.78, 5) is 11.0. The Kier molecular flexibility index (Phi) is 7.85. The number of allylic oxidation sites excluding steroid dienone is 5. The number of Topliss-reactive ketones (excluding diaryl/α,β-unsaturated/α-hetero) is 1. The molecule has 0 aromatic heterocycles. The minimum absolute atomic E-state index is 0.0582. The van der Waals surface area contributed by atoms with Gasteiger partial charge in [0.1, 0.15) is 11.5 Å². The third-order valence-corrected chi connectivity index (χ3v) is 2.46. The predicted octanol–water partition coefficient (Wildman–Crippen LogP) is 3.24. The predicted molar refractivity (Wildman–Crippen MR) is 71.5 cm³/mol. The van der Waals surface area contributed by atoms with Crippen LogP contribution in [0.2, 0.25) is 0 Å². The van der Waals surface area contributed by atoms with Gasteiger partial charge < -0.3 is 10.8 Å². The highest BCUT2D eigenvalue weighted by Crippen LogP contribution is 2.11. The zero-order valence-corrected chi connectivity index (χ0v) is 10.9. The van der Waals surface area contributed by atoms with Gasteiger partial charge in [0.05, 0.1) is 0 Å². The molecule has 0 fully saturated rings. The van der Waals surface area contributed by atoms with Gasteiger partial charge in [0.2, 0.25) is 0 Å². The van der Waals surface area contributed by atoms with Gasteiger partial charge in [-0.25, -0.2) is 0 Å². The van der Waals surface area contributed by atoms with Gasteiger partial charge in [-0.15, -0.1) is 0 Å². The number of hydrogen-bond acceptors (Lipinski definition) is 3. The Morgan fingerprint density at radius 1 is 1.41 bits per heavy atom. The lowest BCUT2D eigenvalue weighted by molar-refractivity contribution is -0.113. The van der Waals surface area contributed by atoms with E-state index in [9.17, 15) is 9.90 Å². The van der Waals surface area contributed by atoms with Gasteiger partial charge in [-0.3, -0.25) is 4.79 Å². The molecule has 1 atom stereocenters. The van der Waals surface area contributed by atoms with Gasteiger partial charge in [0.25, 0.3) is 0 Å². The third kappa shape index (κ3) is 6.61. The number of ketones is 1. The van der Waals surface area contributed by atoms with E-state index in [0.717, 1.165) is 6.42 Å². The molecule has 96 valence electrons. The van der Waals surface area contributed by atoms with E-state index in [2.05, 4.69) is 13.0 Å². The first kappa shape index (κ1) is 15.5. The molecule has 0 aliphatic carbocycles. The first-order valence-corrected chi connectivity index (χ1v) is 6.03. The minimum Gasteiger partial charge on any atom is -0.509 e. The highest BCUT2D eigenvalue weighted by atomic mass is 16.3. The first-order valence-electron chi connectivity index (χ1n) is 6.03. The summed E-state index contributed by atoms with van der Waals surface area (Å²) in [5, 5.41) is 9.66. The molecule has 3 nitrogen and oxygen atoms in total. The monoisotopic (exact) mass is 237 g/mol. The standard InChI is InChI=1S/C14H23NO2/c1-4-5-6-7-8-9-10-11(2)14(17)13(15)12(3)16/h7-11,17H,4-6,15H2,1-3H3/b8-7+,10-9+,14-13-. The number of aliphatic hydroxyl groups is 1. The molecule has 0 saturated heterocycles. The van der Waals surface area contributed by atoms with Crippen molar-refractivity contribution in [1.82, 2.24) is 0 Å². The number of carbonyl (C=O) groups excluding carboxylic acids is 1. The average molecular weight is 237 g/mol. The van der Waals surface area contributed by atoms with E-state index < -0.39 is 0 Å². The smallest absolute Gasteiger partial charge is 0.178 e. The van der Waals surface area contributed by atoms with Gasteiger partial charge in [0.15, 0.2) is 5.78 Å². The largest absolute Gasteiger partial charge is 0.509 e. The van der Waals surface area contributed by atoms with E-state index in [1.54, 1.807) is 6.92 Å². The van der Waals surface area contributed by atoms with Crippen molar-refractivity contribution in [1.29, 1.82) is 0 Å². The van der Waals surface area contributed by atoms with Crippen LogP contribution in [0.1, 0.15) is 40.0 Å². The summed E-state index contributed by atoms with van der Waals surface area (Å²) >= 11 is 0. The second-order valence-electron chi connectivity index (χ2n) is 4.10. The van der Waals surface area contributed by atoms with Crippen LogP contribution < -0.4 is 5.73 Å². The van der Waals surface area contributed by atoms with Crippen molar-refractivity contribution in [3.8, 4) is 0 Å². The number of unbranched alkanes of at least 4 members (excludes halogenated alkanes) is 2. The van der Waals surface area contributed by atoms with Crippen LogP contribution in [0.25, 0.3) is 0 Å². The summed E-state index contributed by atoms with van der Waals surface area (Å²) in [6, 6.07) is 0. The van der Waals surface area contributed by atoms with Crippen molar-refractivity contribution < 1.29 is 9.90 Å². The zero-order chi connectivity index (χ0) is 13.3. The Labute approximate surface area is 104 Å². The van der Waals surface area contributed by atoms with E-state index in [1.807, 2.05) is 18.2 Å². The molecule has 0 aromatic carbocycles. The van der Waals surface area contributed by atoms with Gasteiger partial charge >= 0.3 is 0 Å². The molecule has 1 unspecified atom stereocenters. The zero-order valence-electron chi connectivity index (χ0n) is 10.9. The molecule has 0 aromatic rings. The van der Waals surface area contributed by atoms with Gasteiger partial charge in [0, 0.05) is 12.8 Å². The Bertz CT molecular complexity index is 327. The molecule has 0 aliphatic heterocycles. The highest BCUT2D eigenvalue weighted by molar-refractivity contribution is 5.92. The lowest BCUT2D eigenvalue weighted by Gasteiger charge is -2.07. The Balaban J connectivity index is 4.30. The summed E-state index contributed by atoms with van der Waals surface area (Å²) in [6.45, 7) is 5.28. The summed E-state index contributed by atoms with van der Waals surface area (Å²) in [6.07, 6.45) is 11.1. The SMILES string of the molecule is CCCC/C=C/C=C/C(C)/C(O)=C(/N)C(C)=O. The first-order chi connectivity index (χ1) is 8.00. The van der Waals surface area contributed by atoms with Crippen molar-refractivity contribution in [2.45, 2.75) is 40.0 Å². The molecule has 0 rings (SSSR count). The van der Waals surface area contributed by atoms with E-state index >= 15 is 0 Å². The van der Waals surface area contributed by atoms with E-state index in [0.29, 0.717) is 0 Å². The number of aliphatic hydroxyl groups excluding tert-OH is 1. The number of carbonyl (C=O) groups is 1. The Morgan fingerprint density at radius 3 is 2.59 bits per heavy atom. The van der Waals surface area contributed by atoms with Crippen LogP contribution in [0.5, 0.6) is 0 Å². The lowest BCUT2D eigenvalue weighted by Crippen LogP contribution is -2.14.